The quantitative estimate of drug-likeness (QED) is 0.738. The highest BCUT2D eigenvalue weighted by atomic mass is 32.2. The second kappa shape index (κ2) is 8.10. The number of ketones is 1. The predicted octanol–water partition coefficient (Wildman–Crippen LogP) is 3.71. The second-order valence-corrected chi connectivity index (χ2v) is 8.99. The molecule has 0 radical (unpaired) electrons. The fourth-order valence-corrected chi connectivity index (χ4v) is 3.33. The zero-order valence-electron chi connectivity index (χ0n) is 16.1. The van der Waals surface area contributed by atoms with E-state index in [0.717, 1.165) is 12.1 Å². The van der Waals surface area contributed by atoms with Crippen LogP contribution in [0, 0.1) is 18.2 Å². The number of esters is 1. The van der Waals surface area contributed by atoms with E-state index in [-0.39, 0.29) is 27.5 Å². The fraction of sp³-hybridized carbons (Fsp3) is 0.300. The van der Waals surface area contributed by atoms with Gasteiger partial charge in [-0.25, -0.2) is 17.6 Å². The van der Waals surface area contributed by atoms with E-state index in [4.69, 9.17) is 4.74 Å². The van der Waals surface area contributed by atoms with Crippen LogP contribution in [0.2, 0.25) is 0 Å². The van der Waals surface area contributed by atoms with Crippen molar-refractivity contribution < 1.29 is 27.1 Å². The number of nitrogens with one attached hydrogen (secondary N) is 1. The molecule has 0 saturated heterocycles. The van der Waals surface area contributed by atoms with Crippen LogP contribution < -0.4 is 4.72 Å². The van der Waals surface area contributed by atoms with Gasteiger partial charge in [0.2, 0.25) is 0 Å². The molecule has 0 fully saturated rings. The summed E-state index contributed by atoms with van der Waals surface area (Å²) in [5, 5.41) is 0. The van der Waals surface area contributed by atoms with E-state index in [1.807, 2.05) is 0 Å². The van der Waals surface area contributed by atoms with Crippen LogP contribution in [-0.4, -0.2) is 26.8 Å². The van der Waals surface area contributed by atoms with E-state index in [0.29, 0.717) is 0 Å². The third-order valence-electron chi connectivity index (χ3n) is 4.00. The van der Waals surface area contributed by atoms with Gasteiger partial charge in [0.05, 0.1) is 16.1 Å². The molecule has 6 nitrogen and oxygen atoms in total. The molecule has 150 valence electrons. The number of hydrogen-bond donors (Lipinski definition) is 1. The molecule has 8 heteroatoms. The minimum Gasteiger partial charge on any atom is -0.454 e. The first-order valence-electron chi connectivity index (χ1n) is 8.50. The number of hydrogen-bond acceptors (Lipinski definition) is 5. The topological polar surface area (TPSA) is 89.5 Å². The van der Waals surface area contributed by atoms with Gasteiger partial charge in [-0.2, -0.15) is 0 Å². The Kier molecular flexibility index (Phi) is 6.23. The highest BCUT2D eigenvalue weighted by Gasteiger charge is 2.24. The monoisotopic (exact) mass is 407 g/mol. The van der Waals surface area contributed by atoms with E-state index in [1.165, 1.54) is 25.1 Å². The number of Topliss-reactive ketones (excluding diaryl/α,β-unsaturated/α-hetero) is 1. The zero-order chi connectivity index (χ0) is 21.1. The van der Waals surface area contributed by atoms with Crippen molar-refractivity contribution in [2.24, 2.45) is 5.41 Å². The first-order valence-corrected chi connectivity index (χ1v) is 9.98. The molecule has 2 aromatic carbocycles. The lowest BCUT2D eigenvalue weighted by Crippen LogP contribution is -2.26. The number of rotatable bonds is 6. The molecule has 0 amide bonds. The van der Waals surface area contributed by atoms with Crippen LogP contribution in [-0.2, 0) is 19.6 Å². The predicted molar refractivity (Wildman–Crippen MR) is 103 cm³/mol. The minimum atomic E-state index is -4.05. The third kappa shape index (κ3) is 5.16. The van der Waals surface area contributed by atoms with E-state index in [2.05, 4.69) is 4.72 Å². The summed E-state index contributed by atoms with van der Waals surface area (Å²) in [4.78, 5) is 24.2. The summed E-state index contributed by atoms with van der Waals surface area (Å²) in [6.07, 6.45) is 0. The summed E-state index contributed by atoms with van der Waals surface area (Å²) in [7, 11) is -4.05. The zero-order valence-corrected chi connectivity index (χ0v) is 16.9. The first-order chi connectivity index (χ1) is 12.9. The molecular formula is C20H22FNO5S. The SMILES string of the molecule is Cc1cc(S(=O)(=O)Nc2ccccc2C(=O)OCC(=O)C(C)(C)C)ccc1F. The highest BCUT2D eigenvalue weighted by molar-refractivity contribution is 7.92. The van der Waals surface area contributed by atoms with Crippen LogP contribution in [0.5, 0.6) is 0 Å². The molecule has 0 unspecified atom stereocenters. The van der Waals surface area contributed by atoms with E-state index in [9.17, 15) is 22.4 Å². The Morgan fingerprint density at radius 2 is 1.75 bits per heavy atom. The Morgan fingerprint density at radius 1 is 1.11 bits per heavy atom. The maximum atomic E-state index is 13.4. The van der Waals surface area contributed by atoms with Crippen LogP contribution in [0.3, 0.4) is 0 Å². The summed E-state index contributed by atoms with van der Waals surface area (Å²) in [5.41, 5.74) is -0.525. The van der Waals surface area contributed by atoms with Gasteiger partial charge in [-0.1, -0.05) is 32.9 Å². The van der Waals surface area contributed by atoms with Crippen molar-refractivity contribution in [3.8, 4) is 0 Å². The Bertz CT molecular complexity index is 1010. The van der Waals surface area contributed by atoms with Crippen LogP contribution >= 0.6 is 0 Å². The second-order valence-electron chi connectivity index (χ2n) is 7.31. The number of ether oxygens (including phenoxy) is 1. The number of carbonyl (C=O) groups excluding carboxylic acids is 2. The van der Waals surface area contributed by atoms with Gasteiger partial charge in [-0.05, 0) is 42.8 Å². The molecule has 0 aromatic heterocycles. The molecule has 0 aliphatic rings. The number of aryl methyl sites for hydroxylation is 1. The molecule has 0 bridgehead atoms. The van der Waals surface area contributed by atoms with Gasteiger partial charge in [-0.15, -0.1) is 0 Å². The number of para-hydroxylation sites is 1. The standard InChI is InChI=1S/C20H22FNO5S/c1-13-11-14(9-10-16(13)21)28(25,26)22-17-8-6-5-7-15(17)19(24)27-12-18(23)20(2,3)4/h5-11,22H,12H2,1-4H3. The van der Waals surface area contributed by atoms with Crippen LogP contribution in [0.4, 0.5) is 10.1 Å². The lowest BCUT2D eigenvalue weighted by Gasteiger charge is -2.17. The molecule has 0 saturated carbocycles. The fourth-order valence-electron chi connectivity index (χ4n) is 2.16. The number of halogens is 1. The summed E-state index contributed by atoms with van der Waals surface area (Å²) < 4.78 is 46.0. The van der Waals surface area contributed by atoms with Crippen LogP contribution in [0.15, 0.2) is 47.4 Å². The summed E-state index contributed by atoms with van der Waals surface area (Å²) in [6, 6.07) is 9.26. The maximum Gasteiger partial charge on any atom is 0.340 e. The summed E-state index contributed by atoms with van der Waals surface area (Å²) in [5.74, 6) is -1.61. The minimum absolute atomic E-state index is 0.00214. The third-order valence-corrected chi connectivity index (χ3v) is 5.37. The van der Waals surface area contributed by atoms with E-state index in [1.54, 1.807) is 32.9 Å². The highest BCUT2D eigenvalue weighted by Crippen LogP contribution is 2.23. The first kappa shape index (κ1) is 21.6. The Morgan fingerprint density at radius 3 is 2.36 bits per heavy atom. The Balaban J connectivity index is 2.25. The van der Waals surface area contributed by atoms with Gasteiger partial charge in [0, 0.05) is 5.41 Å². The molecule has 2 aromatic rings. The molecule has 1 N–H and O–H groups in total. The molecule has 0 aliphatic carbocycles. The maximum absolute atomic E-state index is 13.4. The molecule has 2 rings (SSSR count). The largest absolute Gasteiger partial charge is 0.454 e. The van der Waals surface area contributed by atoms with Gasteiger partial charge in [0.25, 0.3) is 10.0 Å². The van der Waals surface area contributed by atoms with Crippen molar-refractivity contribution in [2.75, 3.05) is 11.3 Å². The lowest BCUT2D eigenvalue weighted by atomic mass is 9.91. The molecule has 28 heavy (non-hydrogen) atoms. The van der Waals surface area contributed by atoms with E-state index < -0.39 is 33.8 Å². The van der Waals surface area contributed by atoms with Gasteiger partial charge < -0.3 is 4.74 Å². The van der Waals surface area contributed by atoms with Crippen LogP contribution in [0.1, 0.15) is 36.7 Å². The molecule has 0 atom stereocenters. The summed E-state index contributed by atoms with van der Waals surface area (Å²) >= 11 is 0. The van der Waals surface area contributed by atoms with Crippen LogP contribution in [0.25, 0.3) is 0 Å². The van der Waals surface area contributed by atoms with Crippen molar-refractivity contribution in [1.29, 1.82) is 0 Å². The average Bonchev–Trinajstić information content (AvgIpc) is 2.60. The van der Waals surface area contributed by atoms with Gasteiger partial charge >= 0.3 is 5.97 Å². The van der Waals surface area contributed by atoms with Gasteiger partial charge in [-0.3, -0.25) is 9.52 Å². The van der Waals surface area contributed by atoms with E-state index >= 15 is 0 Å². The number of sulfonamides is 1. The molecular weight excluding hydrogens is 385 g/mol. The molecule has 0 spiro atoms. The Labute approximate surface area is 163 Å². The normalized spacial score (nSPS) is 11.8. The Hall–Kier alpha value is -2.74. The average molecular weight is 407 g/mol. The van der Waals surface area contributed by atoms with Crippen molar-refractivity contribution in [3.05, 3.63) is 59.4 Å². The molecule has 0 heterocycles. The number of anilines is 1. The number of carbonyl (C=O) groups is 2. The van der Waals surface area contributed by atoms with Crippen molar-refractivity contribution in [3.63, 3.8) is 0 Å². The molecule has 0 aliphatic heterocycles. The van der Waals surface area contributed by atoms with Gasteiger partial charge in [0.15, 0.2) is 12.4 Å². The number of benzene rings is 2. The van der Waals surface area contributed by atoms with Crippen molar-refractivity contribution in [2.45, 2.75) is 32.6 Å². The lowest BCUT2D eigenvalue weighted by molar-refractivity contribution is -0.129. The van der Waals surface area contributed by atoms with Crippen molar-refractivity contribution >= 4 is 27.5 Å². The smallest absolute Gasteiger partial charge is 0.340 e. The van der Waals surface area contributed by atoms with Crippen molar-refractivity contribution in [1.82, 2.24) is 0 Å². The summed E-state index contributed by atoms with van der Waals surface area (Å²) in [6.45, 7) is 6.15. The van der Waals surface area contributed by atoms with Gasteiger partial charge in [0.1, 0.15) is 5.82 Å².